The third-order valence-electron chi connectivity index (χ3n) is 3.52. The van der Waals surface area contributed by atoms with Crippen LogP contribution in [0.1, 0.15) is 36.5 Å². The number of carbonyl (C=O) groups is 1. The van der Waals surface area contributed by atoms with E-state index < -0.39 is 0 Å². The summed E-state index contributed by atoms with van der Waals surface area (Å²) in [6.07, 6.45) is 5.97. The summed E-state index contributed by atoms with van der Waals surface area (Å²) in [5.41, 5.74) is 0.736. The fourth-order valence-electron chi connectivity index (χ4n) is 2.18. The Morgan fingerprint density at radius 2 is 1.88 bits per heavy atom. The van der Waals surface area contributed by atoms with E-state index in [1.807, 2.05) is 0 Å². The summed E-state index contributed by atoms with van der Waals surface area (Å²) >= 11 is 12.1. The molecule has 0 aliphatic carbocycles. The lowest BCUT2D eigenvalue weighted by Crippen LogP contribution is -2.13. The van der Waals surface area contributed by atoms with Gasteiger partial charge in [-0.05, 0) is 24.6 Å². The van der Waals surface area contributed by atoms with Crippen molar-refractivity contribution in [1.82, 2.24) is 4.98 Å². The number of amides is 1. The number of hydrogen-bond donors (Lipinski definition) is 1. The van der Waals surface area contributed by atoms with Crippen molar-refractivity contribution in [2.24, 2.45) is 0 Å². The van der Waals surface area contributed by atoms with Crippen LogP contribution in [0.5, 0.6) is 11.5 Å². The monoisotopic (exact) mass is 382 g/mol. The van der Waals surface area contributed by atoms with Gasteiger partial charge in [0.2, 0.25) is 0 Å². The lowest BCUT2D eigenvalue weighted by molar-refractivity contribution is 0.102. The first kappa shape index (κ1) is 19.3. The molecule has 5 nitrogen and oxygen atoms in total. The Bertz CT molecular complexity index is 718. The predicted molar refractivity (Wildman–Crippen MR) is 100 cm³/mol. The van der Waals surface area contributed by atoms with Gasteiger partial charge in [0.25, 0.3) is 5.91 Å². The summed E-state index contributed by atoms with van der Waals surface area (Å²) < 4.78 is 11.0. The van der Waals surface area contributed by atoms with Crippen LogP contribution >= 0.6 is 23.2 Å². The van der Waals surface area contributed by atoms with Crippen LogP contribution in [0.3, 0.4) is 0 Å². The molecule has 0 unspecified atom stereocenters. The van der Waals surface area contributed by atoms with E-state index in [0.29, 0.717) is 29.4 Å². The van der Waals surface area contributed by atoms with Crippen molar-refractivity contribution in [3.63, 3.8) is 0 Å². The zero-order valence-corrected chi connectivity index (χ0v) is 15.7. The molecule has 7 heteroatoms. The van der Waals surface area contributed by atoms with Crippen LogP contribution in [0.4, 0.5) is 5.69 Å². The molecule has 0 fully saturated rings. The Morgan fingerprint density at radius 3 is 2.52 bits per heavy atom. The van der Waals surface area contributed by atoms with E-state index >= 15 is 0 Å². The predicted octanol–water partition coefficient (Wildman–Crippen LogP) is 5.22. The van der Waals surface area contributed by atoms with E-state index in [2.05, 4.69) is 17.2 Å². The minimum absolute atomic E-state index is 0.269. The summed E-state index contributed by atoms with van der Waals surface area (Å²) in [5.74, 6) is 0.752. The van der Waals surface area contributed by atoms with Gasteiger partial charge in [0.1, 0.15) is 0 Å². The number of pyridine rings is 1. The zero-order chi connectivity index (χ0) is 18.2. The quantitative estimate of drug-likeness (QED) is 0.635. The Hall–Kier alpha value is -1.98. The van der Waals surface area contributed by atoms with Gasteiger partial charge >= 0.3 is 0 Å². The maximum Gasteiger partial charge on any atom is 0.255 e. The molecule has 1 N–H and O–H groups in total. The first-order valence-corrected chi connectivity index (χ1v) is 8.73. The number of halogens is 2. The Labute approximate surface area is 157 Å². The summed E-state index contributed by atoms with van der Waals surface area (Å²) in [7, 11) is 1.56. The summed E-state index contributed by atoms with van der Waals surface area (Å²) in [6.45, 7) is 2.69. The molecule has 0 aliphatic rings. The van der Waals surface area contributed by atoms with E-state index in [4.69, 9.17) is 32.7 Å². The van der Waals surface area contributed by atoms with E-state index in [1.54, 1.807) is 25.3 Å². The van der Waals surface area contributed by atoms with E-state index in [-0.39, 0.29) is 16.0 Å². The van der Waals surface area contributed by atoms with Crippen LogP contribution in [0.2, 0.25) is 10.0 Å². The minimum Gasteiger partial charge on any atom is -0.493 e. The Morgan fingerprint density at radius 1 is 1.16 bits per heavy atom. The van der Waals surface area contributed by atoms with Gasteiger partial charge in [0.05, 0.1) is 29.4 Å². The highest BCUT2D eigenvalue weighted by Crippen LogP contribution is 2.31. The molecule has 0 radical (unpaired) electrons. The molecule has 134 valence electrons. The van der Waals surface area contributed by atoms with Crippen molar-refractivity contribution in [2.75, 3.05) is 19.0 Å². The molecule has 1 aromatic heterocycles. The smallest absolute Gasteiger partial charge is 0.255 e. The molecule has 0 spiro atoms. The number of benzene rings is 1. The minimum atomic E-state index is -0.351. The van der Waals surface area contributed by atoms with Gasteiger partial charge in [-0.2, -0.15) is 0 Å². The summed E-state index contributed by atoms with van der Waals surface area (Å²) in [5, 5.41) is 3.23. The first-order chi connectivity index (χ1) is 12.1. The fourth-order valence-corrected chi connectivity index (χ4v) is 2.64. The van der Waals surface area contributed by atoms with Crippen LogP contribution < -0.4 is 14.8 Å². The van der Waals surface area contributed by atoms with Crippen LogP contribution in [0.25, 0.3) is 0 Å². The SMILES string of the molecule is CCCCCOc1cc(C(=O)Nc2c(Cl)cncc2Cl)ccc1OC. The maximum atomic E-state index is 12.5. The topological polar surface area (TPSA) is 60.5 Å². The van der Waals surface area contributed by atoms with E-state index in [9.17, 15) is 4.79 Å². The molecule has 0 saturated heterocycles. The highest BCUT2D eigenvalue weighted by molar-refractivity contribution is 6.39. The number of nitrogens with zero attached hydrogens (tertiary/aromatic N) is 1. The highest BCUT2D eigenvalue weighted by atomic mass is 35.5. The second-order valence-electron chi connectivity index (χ2n) is 5.35. The van der Waals surface area contributed by atoms with Crippen LogP contribution in [-0.2, 0) is 0 Å². The van der Waals surface area contributed by atoms with Crippen molar-refractivity contribution in [2.45, 2.75) is 26.2 Å². The number of aromatic nitrogens is 1. The van der Waals surface area contributed by atoms with Crippen molar-refractivity contribution in [3.8, 4) is 11.5 Å². The average Bonchev–Trinajstić information content (AvgIpc) is 2.61. The van der Waals surface area contributed by atoms with Gasteiger partial charge in [0.15, 0.2) is 11.5 Å². The Kier molecular flexibility index (Phi) is 7.34. The summed E-state index contributed by atoms with van der Waals surface area (Å²) in [6, 6.07) is 4.99. The largest absolute Gasteiger partial charge is 0.493 e. The molecule has 0 atom stereocenters. The number of rotatable bonds is 8. The van der Waals surface area contributed by atoms with Crippen molar-refractivity contribution in [3.05, 3.63) is 46.2 Å². The van der Waals surface area contributed by atoms with Crippen molar-refractivity contribution < 1.29 is 14.3 Å². The first-order valence-electron chi connectivity index (χ1n) is 7.98. The van der Waals surface area contributed by atoms with Gasteiger partial charge in [-0.25, -0.2) is 0 Å². The van der Waals surface area contributed by atoms with Crippen LogP contribution in [-0.4, -0.2) is 24.6 Å². The highest BCUT2D eigenvalue weighted by Gasteiger charge is 2.15. The molecular formula is C18H20Cl2N2O3. The second kappa shape index (κ2) is 9.49. The molecular weight excluding hydrogens is 363 g/mol. The number of anilines is 1. The molecule has 0 bridgehead atoms. The number of nitrogens with one attached hydrogen (secondary N) is 1. The van der Waals surface area contributed by atoms with Crippen molar-refractivity contribution >= 4 is 34.8 Å². The third-order valence-corrected chi connectivity index (χ3v) is 4.10. The molecule has 0 aliphatic heterocycles. The molecule has 25 heavy (non-hydrogen) atoms. The number of unbranched alkanes of at least 4 members (excludes halogenated alkanes) is 2. The van der Waals surface area contributed by atoms with Gasteiger partial charge in [0, 0.05) is 18.0 Å². The van der Waals surface area contributed by atoms with Gasteiger partial charge in [-0.1, -0.05) is 43.0 Å². The zero-order valence-electron chi connectivity index (χ0n) is 14.1. The molecule has 0 saturated carbocycles. The maximum absolute atomic E-state index is 12.5. The summed E-state index contributed by atoms with van der Waals surface area (Å²) in [4.78, 5) is 16.4. The lowest BCUT2D eigenvalue weighted by Gasteiger charge is -2.13. The normalized spacial score (nSPS) is 10.4. The van der Waals surface area contributed by atoms with Crippen LogP contribution in [0, 0.1) is 0 Å². The van der Waals surface area contributed by atoms with Gasteiger partial charge < -0.3 is 14.8 Å². The molecule has 1 aromatic carbocycles. The Balaban J connectivity index is 2.16. The van der Waals surface area contributed by atoms with Gasteiger partial charge in [-0.15, -0.1) is 0 Å². The number of ether oxygens (including phenoxy) is 2. The fraction of sp³-hybridized carbons (Fsp3) is 0.333. The number of hydrogen-bond acceptors (Lipinski definition) is 4. The molecule has 1 heterocycles. The standard InChI is InChI=1S/C18H20Cl2N2O3/c1-3-4-5-8-25-16-9-12(6-7-15(16)24-2)18(23)22-17-13(19)10-21-11-14(17)20/h6-7,9-11H,3-5,8H2,1-2H3,(H,21,22,23). The van der Waals surface area contributed by atoms with Gasteiger partial charge in [-0.3, -0.25) is 9.78 Å². The average molecular weight is 383 g/mol. The van der Waals surface area contributed by atoms with Crippen molar-refractivity contribution in [1.29, 1.82) is 0 Å². The van der Waals surface area contributed by atoms with E-state index in [0.717, 1.165) is 19.3 Å². The number of carbonyl (C=O) groups excluding carboxylic acids is 1. The molecule has 1 amide bonds. The van der Waals surface area contributed by atoms with Crippen LogP contribution in [0.15, 0.2) is 30.6 Å². The third kappa shape index (κ3) is 5.25. The van der Waals surface area contributed by atoms with E-state index in [1.165, 1.54) is 12.4 Å². The number of methoxy groups -OCH3 is 1. The second-order valence-corrected chi connectivity index (χ2v) is 6.17. The molecule has 2 aromatic rings. The lowest BCUT2D eigenvalue weighted by atomic mass is 10.2. The molecule has 2 rings (SSSR count).